The summed E-state index contributed by atoms with van der Waals surface area (Å²) < 4.78 is 4.91. The molecule has 0 radical (unpaired) electrons. The fourth-order valence-electron chi connectivity index (χ4n) is 3.17. The minimum absolute atomic E-state index is 0.159. The molecule has 0 N–H and O–H groups in total. The first-order valence-electron chi connectivity index (χ1n) is 8.59. The summed E-state index contributed by atoms with van der Waals surface area (Å²) in [5.41, 5.74) is 1.79. The number of aryl methyl sites for hydroxylation is 1. The molecule has 0 fully saturated rings. The van der Waals surface area contributed by atoms with Crippen LogP contribution in [0.1, 0.15) is 11.1 Å². The molecule has 0 atom stereocenters. The summed E-state index contributed by atoms with van der Waals surface area (Å²) in [6, 6.07) is 16.9. The van der Waals surface area contributed by atoms with Crippen LogP contribution < -0.4 is 11.2 Å². The van der Waals surface area contributed by atoms with E-state index in [2.05, 4.69) is 20.9 Å². The third-order valence-corrected chi connectivity index (χ3v) is 5.48. The molecule has 0 spiro atoms. The van der Waals surface area contributed by atoms with Crippen molar-refractivity contribution >= 4 is 38.7 Å². The lowest BCUT2D eigenvalue weighted by atomic mass is 10.2. The molecule has 2 aromatic heterocycles. The smallest absolute Gasteiger partial charge is 0.308 e. The zero-order valence-corrected chi connectivity index (χ0v) is 17.3. The van der Waals surface area contributed by atoms with Crippen molar-refractivity contribution in [1.82, 2.24) is 18.7 Å². The molecule has 0 saturated carbocycles. The molecule has 0 amide bonds. The Balaban J connectivity index is 1.90. The van der Waals surface area contributed by atoms with Gasteiger partial charge < -0.3 is 4.57 Å². The maximum absolute atomic E-state index is 13.2. The number of hydrogen-bond acceptors (Lipinski definition) is 3. The van der Waals surface area contributed by atoms with Crippen LogP contribution in [-0.2, 0) is 20.1 Å². The molecule has 0 saturated heterocycles. The number of hydrogen-bond donors (Lipinski definition) is 0. The van der Waals surface area contributed by atoms with Gasteiger partial charge in [0.2, 0.25) is 0 Å². The van der Waals surface area contributed by atoms with Crippen LogP contribution in [0.3, 0.4) is 0 Å². The second kappa shape index (κ2) is 7.41. The Kier molecular flexibility index (Phi) is 4.95. The second-order valence-corrected chi connectivity index (χ2v) is 7.63. The van der Waals surface area contributed by atoms with E-state index in [0.29, 0.717) is 27.5 Å². The predicted molar refractivity (Wildman–Crippen MR) is 113 cm³/mol. The van der Waals surface area contributed by atoms with Crippen molar-refractivity contribution in [2.45, 2.75) is 13.1 Å². The molecule has 0 aliphatic carbocycles. The average Bonchev–Trinajstić information content (AvgIpc) is 3.02. The van der Waals surface area contributed by atoms with Crippen molar-refractivity contribution in [3.63, 3.8) is 0 Å². The Hall–Kier alpha value is -2.64. The largest absolute Gasteiger partial charge is 0.332 e. The maximum Gasteiger partial charge on any atom is 0.332 e. The van der Waals surface area contributed by atoms with Gasteiger partial charge in [-0.15, -0.1) is 0 Å². The SMILES string of the molecule is Cn1c(=O)n(Cc2ccc(Cl)cc2)c(=O)c2c1nc(Br)n2Cc1ccccc1. The van der Waals surface area contributed by atoms with Gasteiger partial charge in [0.1, 0.15) is 0 Å². The Morgan fingerprint density at radius 2 is 1.54 bits per heavy atom. The lowest BCUT2D eigenvalue weighted by Gasteiger charge is -2.10. The molecular weight excluding hydrogens is 444 g/mol. The minimum atomic E-state index is -0.413. The summed E-state index contributed by atoms with van der Waals surface area (Å²) in [4.78, 5) is 30.4. The first-order valence-corrected chi connectivity index (χ1v) is 9.76. The van der Waals surface area contributed by atoms with Crippen LogP contribution in [0.2, 0.25) is 5.02 Å². The fourth-order valence-corrected chi connectivity index (χ4v) is 3.76. The van der Waals surface area contributed by atoms with Gasteiger partial charge >= 0.3 is 5.69 Å². The monoisotopic (exact) mass is 458 g/mol. The molecule has 6 nitrogen and oxygen atoms in total. The highest BCUT2D eigenvalue weighted by Gasteiger charge is 2.19. The van der Waals surface area contributed by atoms with E-state index in [1.165, 1.54) is 9.13 Å². The number of imidazole rings is 1. The summed E-state index contributed by atoms with van der Waals surface area (Å²) >= 11 is 9.36. The van der Waals surface area contributed by atoms with Crippen molar-refractivity contribution in [1.29, 1.82) is 0 Å². The number of halogens is 2. The van der Waals surface area contributed by atoms with Gasteiger partial charge in [-0.05, 0) is 39.2 Å². The molecular formula is C20H16BrClN4O2. The molecule has 2 aromatic carbocycles. The van der Waals surface area contributed by atoms with Gasteiger partial charge in [0.25, 0.3) is 5.56 Å². The zero-order valence-electron chi connectivity index (χ0n) is 15.0. The average molecular weight is 460 g/mol. The fraction of sp³-hybridized carbons (Fsp3) is 0.150. The van der Waals surface area contributed by atoms with E-state index in [1.54, 1.807) is 35.9 Å². The van der Waals surface area contributed by atoms with Gasteiger partial charge in [0.15, 0.2) is 15.9 Å². The third-order valence-electron chi connectivity index (χ3n) is 4.62. The highest BCUT2D eigenvalue weighted by Crippen LogP contribution is 2.18. The zero-order chi connectivity index (χ0) is 19.8. The minimum Gasteiger partial charge on any atom is -0.308 e. The molecule has 142 valence electrons. The van der Waals surface area contributed by atoms with Crippen molar-refractivity contribution in [2.24, 2.45) is 7.05 Å². The van der Waals surface area contributed by atoms with Crippen molar-refractivity contribution < 1.29 is 0 Å². The topological polar surface area (TPSA) is 61.8 Å². The predicted octanol–water partition coefficient (Wildman–Crippen LogP) is 3.41. The Morgan fingerprint density at radius 3 is 2.21 bits per heavy atom. The summed E-state index contributed by atoms with van der Waals surface area (Å²) in [5.74, 6) is 0. The van der Waals surface area contributed by atoms with Gasteiger partial charge in [-0.2, -0.15) is 0 Å². The lowest BCUT2D eigenvalue weighted by molar-refractivity contribution is 0.653. The third kappa shape index (κ3) is 3.31. The standard InChI is InChI=1S/C20H16BrClN4O2/c1-24-17-16(25(19(21)23-17)11-13-5-3-2-4-6-13)18(27)26(20(24)28)12-14-7-9-15(22)10-8-14/h2-10H,11-12H2,1H3. The van der Waals surface area contributed by atoms with E-state index >= 15 is 0 Å². The highest BCUT2D eigenvalue weighted by atomic mass is 79.9. The molecule has 0 bridgehead atoms. The van der Waals surface area contributed by atoms with Gasteiger partial charge in [-0.25, -0.2) is 9.78 Å². The van der Waals surface area contributed by atoms with Crippen LogP contribution in [0.15, 0.2) is 68.9 Å². The maximum atomic E-state index is 13.2. The number of benzene rings is 2. The Morgan fingerprint density at radius 1 is 0.929 bits per heavy atom. The van der Waals surface area contributed by atoms with Crippen molar-refractivity contribution in [3.05, 3.63) is 96.3 Å². The van der Waals surface area contributed by atoms with Crippen LogP contribution in [0, 0.1) is 0 Å². The first kappa shape index (κ1) is 18.7. The Labute approximate surface area is 173 Å². The van der Waals surface area contributed by atoms with Crippen molar-refractivity contribution in [2.75, 3.05) is 0 Å². The molecule has 4 rings (SSSR count). The highest BCUT2D eigenvalue weighted by molar-refractivity contribution is 9.10. The normalized spacial score (nSPS) is 11.2. The van der Waals surface area contributed by atoms with Crippen LogP contribution in [-0.4, -0.2) is 18.7 Å². The quantitative estimate of drug-likeness (QED) is 0.439. The van der Waals surface area contributed by atoms with E-state index < -0.39 is 5.69 Å². The molecule has 4 aromatic rings. The van der Waals surface area contributed by atoms with Gasteiger partial charge in [-0.1, -0.05) is 54.1 Å². The lowest BCUT2D eigenvalue weighted by Crippen LogP contribution is -2.40. The van der Waals surface area contributed by atoms with E-state index in [4.69, 9.17) is 11.6 Å². The molecule has 0 aliphatic heterocycles. The molecule has 28 heavy (non-hydrogen) atoms. The van der Waals surface area contributed by atoms with Gasteiger partial charge in [0, 0.05) is 12.1 Å². The van der Waals surface area contributed by atoms with E-state index in [0.717, 1.165) is 11.1 Å². The number of nitrogens with zero attached hydrogens (tertiary/aromatic N) is 4. The number of aromatic nitrogens is 4. The van der Waals surface area contributed by atoms with Crippen LogP contribution >= 0.6 is 27.5 Å². The summed E-state index contributed by atoms with van der Waals surface area (Å²) in [6.45, 7) is 0.624. The number of rotatable bonds is 4. The van der Waals surface area contributed by atoms with E-state index in [1.807, 2.05) is 30.3 Å². The van der Waals surface area contributed by atoms with Crippen molar-refractivity contribution in [3.8, 4) is 0 Å². The van der Waals surface area contributed by atoms with E-state index in [9.17, 15) is 9.59 Å². The summed E-state index contributed by atoms with van der Waals surface area (Å²) in [7, 11) is 1.62. The summed E-state index contributed by atoms with van der Waals surface area (Å²) in [5, 5.41) is 0.601. The summed E-state index contributed by atoms with van der Waals surface area (Å²) in [6.07, 6.45) is 0. The van der Waals surface area contributed by atoms with E-state index in [-0.39, 0.29) is 12.1 Å². The molecule has 0 unspecified atom stereocenters. The van der Waals surface area contributed by atoms with Crippen LogP contribution in [0.4, 0.5) is 0 Å². The van der Waals surface area contributed by atoms with Gasteiger partial charge in [-0.3, -0.25) is 13.9 Å². The molecule has 0 aliphatic rings. The Bertz CT molecular complexity index is 1270. The first-order chi connectivity index (χ1) is 13.5. The molecule has 8 heteroatoms. The number of fused-ring (bicyclic) bond motifs is 1. The van der Waals surface area contributed by atoms with Crippen LogP contribution in [0.25, 0.3) is 11.2 Å². The van der Waals surface area contributed by atoms with Crippen LogP contribution in [0.5, 0.6) is 0 Å². The second-order valence-electron chi connectivity index (χ2n) is 6.48. The van der Waals surface area contributed by atoms with Gasteiger partial charge in [0.05, 0.1) is 13.1 Å². The molecule has 2 heterocycles.